The van der Waals surface area contributed by atoms with E-state index >= 15 is 0 Å². The molecule has 29 heavy (non-hydrogen) atoms. The van der Waals surface area contributed by atoms with E-state index in [0.29, 0.717) is 16.7 Å². The molecule has 0 radical (unpaired) electrons. The van der Waals surface area contributed by atoms with Crippen LogP contribution >= 0.6 is 11.6 Å². The maximum absolute atomic E-state index is 12.2. The predicted octanol–water partition coefficient (Wildman–Crippen LogP) is 3.34. The molecule has 154 valence electrons. The second-order valence-electron chi connectivity index (χ2n) is 7.06. The van der Waals surface area contributed by atoms with Gasteiger partial charge in [0.15, 0.2) is 15.6 Å². The third kappa shape index (κ3) is 6.27. The predicted molar refractivity (Wildman–Crippen MR) is 110 cm³/mol. The van der Waals surface area contributed by atoms with Gasteiger partial charge >= 0.3 is 0 Å². The van der Waals surface area contributed by atoms with Gasteiger partial charge in [-0.05, 0) is 25.8 Å². The molecule has 1 aliphatic rings. The molecule has 9 heteroatoms. The van der Waals surface area contributed by atoms with E-state index in [2.05, 4.69) is 15.3 Å². The minimum absolute atomic E-state index is 0.0299. The lowest BCUT2D eigenvalue weighted by Crippen LogP contribution is -2.32. The van der Waals surface area contributed by atoms with Crippen LogP contribution in [0, 0.1) is 5.92 Å². The fourth-order valence-electron chi connectivity index (χ4n) is 2.74. The van der Waals surface area contributed by atoms with E-state index in [0.717, 1.165) is 30.1 Å². The van der Waals surface area contributed by atoms with Gasteiger partial charge in [-0.1, -0.05) is 35.9 Å². The van der Waals surface area contributed by atoms with Crippen LogP contribution in [0.1, 0.15) is 42.1 Å². The molecule has 0 unspecified atom stereocenters. The van der Waals surface area contributed by atoms with Crippen LogP contribution in [0.15, 0.2) is 48.1 Å². The number of sulfone groups is 1. The molecule has 2 aromatic rings. The van der Waals surface area contributed by atoms with E-state index in [9.17, 15) is 13.2 Å². The molecule has 7 nitrogen and oxygen atoms in total. The van der Waals surface area contributed by atoms with E-state index in [-0.39, 0.29) is 11.9 Å². The number of nitrogens with one attached hydrogen (secondary N) is 1. The Morgan fingerprint density at radius 3 is 2.52 bits per heavy atom. The number of ether oxygens (including phenoxy) is 1. The maximum Gasteiger partial charge on any atom is 0.289 e. The van der Waals surface area contributed by atoms with Crippen molar-refractivity contribution in [3.63, 3.8) is 0 Å². The molecule has 1 aromatic heterocycles. The van der Waals surface area contributed by atoms with Gasteiger partial charge < -0.3 is 10.1 Å². The molecular formula is C20H22ClN3O4S. The molecule has 1 aromatic carbocycles. The zero-order valence-electron chi connectivity index (χ0n) is 16.1. The highest BCUT2D eigenvalue weighted by Crippen LogP contribution is 2.45. The van der Waals surface area contributed by atoms with Crippen LogP contribution in [-0.4, -0.2) is 36.6 Å². The summed E-state index contributed by atoms with van der Waals surface area (Å²) in [5.74, 6) is 0.300. The smallest absolute Gasteiger partial charge is 0.289 e. The van der Waals surface area contributed by atoms with Crippen LogP contribution in [-0.2, 0) is 9.84 Å². The molecule has 1 N–H and O–H groups in total. The molecule has 1 fully saturated rings. The first-order chi connectivity index (χ1) is 13.7. The van der Waals surface area contributed by atoms with E-state index in [1.54, 1.807) is 6.92 Å². The lowest BCUT2D eigenvalue weighted by molar-refractivity contribution is 0.0936. The molecule has 3 rings (SSSR count). The Bertz CT molecular complexity index is 1000. The average Bonchev–Trinajstić information content (AvgIpc) is 3.50. The minimum atomic E-state index is -3.25. The second-order valence-corrected chi connectivity index (χ2v) is 9.40. The lowest BCUT2D eigenvalue weighted by Gasteiger charge is -2.20. The fourth-order valence-corrected chi connectivity index (χ4v) is 3.50. The first-order valence-electron chi connectivity index (χ1n) is 9.15. The summed E-state index contributed by atoms with van der Waals surface area (Å²) in [6, 6.07) is 7.08. The summed E-state index contributed by atoms with van der Waals surface area (Å²) in [5, 5.41) is 4.31. The number of aromatic nitrogens is 2. The fraction of sp³-hybridized carbons (Fsp3) is 0.350. The van der Waals surface area contributed by atoms with Crippen molar-refractivity contribution in [3.8, 4) is 5.75 Å². The Balaban J connectivity index is 1.66. The topological polar surface area (TPSA) is 98.2 Å². The van der Waals surface area contributed by atoms with Gasteiger partial charge in [-0.3, -0.25) is 4.79 Å². The molecule has 2 atom stereocenters. The van der Waals surface area contributed by atoms with E-state index < -0.39 is 21.8 Å². The number of halogens is 1. The minimum Gasteiger partial charge on any atom is -0.482 e. The van der Waals surface area contributed by atoms with Crippen LogP contribution < -0.4 is 10.1 Å². The van der Waals surface area contributed by atoms with Gasteiger partial charge in [-0.2, -0.15) is 0 Å². The van der Waals surface area contributed by atoms with Gasteiger partial charge in [-0.25, -0.2) is 18.4 Å². The summed E-state index contributed by atoms with van der Waals surface area (Å²) in [5.41, 5.74) is 0.921. The van der Waals surface area contributed by atoms with Crippen molar-refractivity contribution in [2.45, 2.75) is 31.9 Å². The zero-order chi connectivity index (χ0) is 21.0. The highest BCUT2D eigenvalue weighted by molar-refractivity contribution is 7.93. The number of carbonyl (C=O) groups is 1. The summed E-state index contributed by atoms with van der Waals surface area (Å²) in [4.78, 5) is 20.4. The molecular weight excluding hydrogens is 414 g/mol. The zero-order valence-corrected chi connectivity index (χ0v) is 17.7. The number of amides is 1. The van der Waals surface area contributed by atoms with Gasteiger partial charge in [0.1, 0.15) is 6.10 Å². The monoisotopic (exact) mass is 435 g/mol. The van der Waals surface area contributed by atoms with Gasteiger partial charge in [0, 0.05) is 34.2 Å². The summed E-state index contributed by atoms with van der Waals surface area (Å²) in [7, 11) is -3.25. The Morgan fingerprint density at radius 2 is 1.93 bits per heavy atom. The average molecular weight is 436 g/mol. The third-order valence-corrected chi connectivity index (χ3v) is 5.33. The van der Waals surface area contributed by atoms with E-state index in [1.807, 2.05) is 24.3 Å². The molecule has 0 bridgehead atoms. The normalized spacial score (nSPS) is 16.4. The van der Waals surface area contributed by atoms with Crippen molar-refractivity contribution in [2.24, 2.45) is 5.92 Å². The van der Waals surface area contributed by atoms with Crippen LogP contribution in [0.2, 0.25) is 5.02 Å². The van der Waals surface area contributed by atoms with Crippen molar-refractivity contribution in [2.75, 3.05) is 6.26 Å². The van der Waals surface area contributed by atoms with Crippen molar-refractivity contribution in [1.29, 1.82) is 0 Å². The quantitative estimate of drug-likeness (QED) is 0.682. The summed E-state index contributed by atoms with van der Waals surface area (Å²) >= 11 is 6.32. The third-order valence-electron chi connectivity index (χ3n) is 4.33. The molecule has 0 spiro atoms. The SMILES string of the molecule is C[C@H](/C=C/S(C)(=O)=O)NC(=O)c1ncc(O[C@H](c2ccccc2Cl)C2CC2)cn1. The number of rotatable bonds is 8. The highest BCUT2D eigenvalue weighted by Gasteiger charge is 2.35. The summed E-state index contributed by atoms with van der Waals surface area (Å²) < 4.78 is 28.4. The Kier molecular flexibility index (Phi) is 6.54. The Morgan fingerprint density at radius 1 is 1.28 bits per heavy atom. The number of benzene rings is 1. The molecule has 1 aliphatic carbocycles. The van der Waals surface area contributed by atoms with E-state index in [1.165, 1.54) is 18.5 Å². The van der Waals surface area contributed by atoms with Crippen LogP contribution in [0.4, 0.5) is 0 Å². The van der Waals surface area contributed by atoms with Crippen LogP contribution in [0.5, 0.6) is 5.75 Å². The number of hydrogen-bond acceptors (Lipinski definition) is 6. The number of nitrogens with zero attached hydrogens (tertiary/aromatic N) is 2. The molecule has 0 saturated heterocycles. The standard InChI is InChI=1S/C20H22ClN3O4S/c1-13(9-10-29(2,26)27)24-20(25)19-22-11-15(12-23-19)28-18(14-7-8-14)16-5-3-4-6-17(16)21/h3-6,9-14,18H,7-8H2,1-2H3,(H,24,25)/b10-9+/t13-,18+/m1/s1. The van der Waals surface area contributed by atoms with E-state index in [4.69, 9.17) is 16.3 Å². The van der Waals surface area contributed by atoms with Crippen molar-refractivity contribution in [1.82, 2.24) is 15.3 Å². The second kappa shape index (κ2) is 8.92. The molecule has 1 heterocycles. The molecule has 0 aliphatic heterocycles. The van der Waals surface area contributed by atoms with Crippen LogP contribution in [0.3, 0.4) is 0 Å². The summed E-state index contributed by atoms with van der Waals surface area (Å²) in [6.45, 7) is 1.65. The molecule has 1 amide bonds. The van der Waals surface area contributed by atoms with Gasteiger partial charge in [0.2, 0.25) is 5.82 Å². The lowest BCUT2D eigenvalue weighted by atomic mass is 10.1. The van der Waals surface area contributed by atoms with Crippen molar-refractivity contribution >= 4 is 27.3 Å². The van der Waals surface area contributed by atoms with Crippen molar-refractivity contribution < 1.29 is 17.9 Å². The first kappa shape index (κ1) is 21.3. The number of hydrogen-bond donors (Lipinski definition) is 1. The van der Waals surface area contributed by atoms with Crippen LogP contribution in [0.25, 0.3) is 0 Å². The maximum atomic E-state index is 12.2. The van der Waals surface area contributed by atoms with Gasteiger partial charge in [0.05, 0.1) is 12.4 Å². The van der Waals surface area contributed by atoms with Crippen molar-refractivity contribution in [3.05, 3.63) is 64.6 Å². The largest absolute Gasteiger partial charge is 0.482 e. The Hall–Kier alpha value is -2.45. The van der Waals surface area contributed by atoms with Gasteiger partial charge in [0.25, 0.3) is 5.91 Å². The molecule has 1 saturated carbocycles. The Labute approximate surface area is 175 Å². The van der Waals surface area contributed by atoms with Gasteiger partial charge in [-0.15, -0.1) is 0 Å². The summed E-state index contributed by atoms with van der Waals surface area (Å²) in [6.07, 6.45) is 7.31. The highest BCUT2D eigenvalue weighted by atomic mass is 35.5. The first-order valence-corrected chi connectivity index (χ1v) is 11.5. The number of carbonyl (C=O) groups excluding carboxylic acids is 1.